The molecule has 0 spiro atoms. The van der Waals surface area contributed by atoms with Gasteiger partial charge in [0.05, 0.1) is 59.2 Å². The average Bonchev–Trinajstić information content (AvgIpc) is 3.21. The number of benzene rings is 3. The first kappa shape index (κ1) is 49.9. The number of anilines is 3. The number of non-ortho nitro benzene ring substituents is 2. The third kappa shape index (κ3) is 18.1. The standard InChI is InChI=1S/C12H16FN3O3.C12H18FN3O.C6H3F2NO2.C6H14N2O.C2H3N.H2/c13-11-9-10(16(18)19)1-2-12(11)15-5-3-14(4-6-15)7-8-17;13-11-9-10(14)1-2-12(11)16-5-3-15(4-6-16)7-8-17;7-5-2-1-4(9(10)11)3-6(5)8;9-6-5-8-3-1-7-2-4-8;1-2-3;/h1-2,9,17H,3-8H2;1-2,9,17H,3-8,14H2;1-3H;7,9H,1-6H2;1H3;1H. The van der Waals surface area contributed by atoms with Gasteiger partial charge in [0.25, 0.3) is 11.4 Å². The lowest BCUT2D eigenvalue weighted by Gasteiger charge is -2.35. The maximum absolute atomic E-state index is 13.8. The number of nitrogen functional groups attached to an aromatic ring is 1. The van der Waals surface area contributed by atoms with Crippen molar-refractivity contribution in [1.29, 1.82) is 5.26 Å². The van der Waals surface area contributed by atoms with Crippen LogP contribution < -0.4 is 20.9 Å². The first-order chi connectivity index (χ1) is 28.3. The molecule has 0 bridgehead atoms. The summed E-state index contributed by atoms with van der Waals surface area (Å²) in [7, 11) is 0. The van der Waals surface area contributed by atoms with Crippen LogP contribution in [0.25, 0.3) is 0 Å². The number of nitrogens with zero attached hydrogens (tertiary/aromatic N) is 8. The van der Waals surface area contributed by atoms with Gasteiger partial charge in [0.2, 0.25) is 0 Å². The number of hydrogen-bond acceptors (Lipinski definition) is 15. The van der Waals surface area contributed by atoms with E-state index in [0.29, 0.717) is 62.0 Å². The van der Waals surface area contributed by atoms with Gasteiger partial charge in [-0.2, -0.15) is 5.26 Å². The number of hydrogen-bond donors (Lipinski definition) is 5. The molecule has 59 heavy (non-hydrogen) atoms. The predicted molar refractivity (Wildman–Crippen MR) is 218 cm³/mol. The Labute approximate surface area is 342 Å². The fourth-order valence-corrected chi connectivity index (χ4v) is 6.03. The molecule has 3 aromatic rings. The van der Waals surface area contributed by atoms with E-state index in [0.717, 1.165) is 84.1 Å². The van der Waals surface area contributed by atoms with E-state index in [1.165, 1.54) is 25.1 Å². The average molecular weight is 841 g/mol. The Hall–Kier alpha value is -5.21. The van der Waals surface area contributed by atoms with E-state index >= 15 is 0 Å². The Morgan fingerprint density at radius 2 is 1.02 bits per heavy atom. The van der Waals surface area contributed by atoms with Crippen LogP contribution in [0.4, 0.5) is 46.0 Å². The number of nitrogens with two attached hydrogens (primary N) is 1. The van der Waals surface area contributed by atoms with Crippen LogP contribution in [0, 0.1) is 54.8 Å². The van der Waals surface area contributed by atoms with Gasteiger partial charge in [-0.05, 0) is 30.3 Å². The van der Waals surface area contributed by atoms with Crippen molar-refractivity contribution < 1.29 is 44.2 Å². The molecule has 3 saturated heterocycles. The molecule has 0 unspecified atom stereocenters. The first-order valence-corrected chi connectivity index (χ1v) is 18.9. The van der Waals surface area contributed by atoms with Gasteiger partial charge < -0.3 is 36.2 Å². The minimum atomic E-state index is -1.21. The maximum atomic E-state index is 13.8. The number of nitro benzene ring substituents is 2. The second-order valence-corrected chi connectivity index (χ2v) is 13.1. The molecule has 17 nitrogen and oxygen atoms in total. The van der Waals surface area contributed by atoms with Crippen LogP contribution in [0.15, 0.2) is 54.6 Å². The molecule has 3 aliphatic rings. The molecule has 0 saturated carbocycles. The first-order valence-electron chi connectivity index (χ1n) is 18.9. The van der Waals surface area contributed by atoms with Crippen molar-refractivity contribution in [3.63, 3.8) is 0 Å². The zero-order valence-corrected chi connectivity index (χ0v) is 33.1. The summed E-state index contributed by atoms with van der Waals surface area (Å²) in [4.78, 5) is 29.6. The van der Waals surface area contributed by atoms with Gasteiger partial charge in [0.15, 0.2) is 17.5 Å². The highest BCUT2D eigenvalue weighted by molar-refractivity contribution is 5.55. The summed E-state index contributed by atoms with van der Waals surface area (Å²) in [5, 5.41) is 57.4. The van der Waals surface area contributed by atoms with Gasteiger partial charge in [-0.15, -0.1) is 0 Å². The van der Waals surface area contributed by atoms with E-state index in [9.17, 15) is 37.8 Å². The van der Waals surface area contributed by atoms with E-state index in [2.05, 4.69) is 20.0 Å². The number of aliphatic hydroxyl groups excluding tert-OH is 3. The Morgan fingerprint density at radius 3 is 1.39 bits per heavy atom. The summed E-state index contributed by atoms with van der Waals surface area (Å²) in [6, 6.07) is 12.4. The second kappa shape index (κ2) is 27.5. The van der Waals surface area contributed by atoms with Gasteiger partial charge in [-0.25, -0.2) is 17.6 Å². The normalized spacial score (nSPS) is 15.7. The number of piperazine rings is 3. The molecule has 3 fully saturated rings. The van der Waals surface area contributed by atoms with Gasteiger partial charge in [-0.3, -0.25) is 34.9 Å². The van der Waals surface area contributed by atoms with Crippen molar-refractivity contribution in [3.05, 3.63) is 98.1 Å². The number of nitrogens with one attached hydrogen (secondary N) is 1. The van der Waals surface area contributed by atoms with E-state index in [1.807, 2.05) is 9.80 Å². The number of aliphatic hydroxyl groups is 3. The predicted octanol–water partition coefficient (Wildman–Crippen LogP) is 2.90. The van der Waals surface area contributed by atoms with E-state index in [1.54, 1.807) is 18.2 Å². The maximum Gasteiger partial charge on any atom is 0.272 e. The highest BCUT2D eigenvalue weighted by atomic mass is 19.2. The van der Waals surface area contributed by atoms with Gasteiger partial charge in [-0.1, -0.05) is 0 Å². The zero-order chi connectivity index (χ0) is 43.7. The Bertz CT molecular complexity index is 1760. The minimum Gasteiger partial charge on any atom is -0.399 e. The van der Waals surface area contributed by atoms with E-state index in [4.69, 9.17) is 26.3 Å². The molecule has 3 aliphatic heterocycles. The van der Waals surface area contributed by atoms with Crippen molar-refractivity contribution in [3.8, 4) is 6.07 Å². The molecule has 0 aromatic heterocycles. The number of nitriles is 1. The SMILES string of the molecule is CC#N.Nc1ccc(N2CCN(CCO)CC2)c(F)c1.O=[N+]([O-])c1ccc(F)c(F)c1.O=[N+]([O-])c1ccc(N2CCN(CCO)CC2)c(F)c1.OCCN1CCNCC1.[HH]. The monoisotopic (exact) mass is 840 g/mol. The topological polar surface area (TPSA) is 225 Å². The number of nitro groups is 2. The Morgan fingerprint density at radius 1 is 0.644 bits per heavy atom. The lowest BCUT2D eigenvalue weighted by molar-refractivity contribution is -0.385. The van der Waals surface area contributed by atoms with Crippen LogP contribution in [-0.2, 0) is 0 Å². The van der Waals surface area contributed by atoms with Crippen molar-refractivity contribution >= 4 is 28.4 Å². The highest BCUT2D eigenvalue weighted by Crippen LogP contribution is 2.25. The number of rotatable bonds is 10. The molecule has 0 radical (unpaired) electrons. The van der Waals surface area contributed by atoms with Gasteiger partial charge in [0, 0.05) is 124 Å². The lowest BCUT2D eigenvalue weighted by Crippen LogP contribution is -2.47. The van der Waals surface area contributed by atoms with Gasteiger partial charge in [0.1, 0.15) is 5.82 Å². The summed E-state index contributed by atoms with van der Waals surface area (Å²) < 4.78 is 52.0. The minimum absolute atomic E-state index is 0. The van der Waals surface area contributed by atoms with E-state index in [-0.39, 0.29) is 26.1 Å². The van der Waals surface area contributed by atoms with Crippen molar-refractivity contribution in [2.45, 2.75) is 6.92 Å². The molecule has 328 valence electrons. The molecule has 6 N–H and O–H groups in total. The van der Waals surface area contributed by atoms with Crippen LogP contribution in [-0.4, -0.2) is 158 Å². The van der Waals surface area contributed by atoms with Crippen molar-refractivity contribution in [2.24, 2.45) is 0 Å². The summed E-state index contributed by atoms with van der Waals surface area (Å²) in [6.45, 7) is 14.5. The highest BCUT2D eigenvalue weighted by Gasteiger charge is 2.21. The third-order valence-electron chi connectivity index (χ3n) is 9.11. The number of β-amino-alcohol motifs (C(OH)–C–C–N with tert-alkyl or cyclic N) is 3. The molecule has 21 heteroatoms. The van der Waals surface area contributed by atoms with Crippen LogP contribution in [0.5, 0.6) is 0 Å². The van der Waals surface area contributed by atoms with Crippen molar-refractivity contribution in [1.82, 2.24) is 20.0 Å². The molecule has 0 atom stereocenters. The molecule has 3 heterocycles. The summed E-state index contributed by atoms with van der Waals surface area (Å²) in [6.07, 6.45) is 0. The molecule has 6 rings (SSSR count). The molecular weight excluding hydrogens is 784 g/mol. The fourth-order valence-electron chi connectivity index (χ4n) is 6.03. The van der Waals surface area contributed by atoms with Crippen LogP contribution in [0.2, 0.25) is 0 Å². The summed E-state index contributed by atoms with van der Waals surface area (Å²) in [5.74, 6) is -3.12. The van der Waals surface area contributed by atoms with Crippen LogP contribution in [0.3, 0.4) is 0 Å². The number of halogens is 4. The van der Waals surface area contributed by atoms with Crippen LogP contribution in [0.1, 0.15) is 8.35 Å². The van der Waals surface area contributed by atoms with Gasteiger partial charge >= 0.3 is 0 Å². The Kier molecular flexibility index (Phi) is 23.3. The third-order valence-corrected chi connectivity index (χ3v) is 9.11. The smallest absolute Gasteiger partial charge is 0.272 e. The molecular formula is C38H56F4N10O7. The molecule has 3 aromatic carbocycles. The summed E-state index contributed by atoms with van der Waals surface area (Å²) in [5.41, 5.74) is 6.29. The van der Waals surface area contributed by atoms with E-state index < -0.39 is 33.0 Å². The quantitative estimate of drug-likeness (QED) is 0.0857. The fraction of sp³-hybridized carbons (Fsp3) is 0.500. The van der Waals surface area contributed by atoms with Crippen LogP contribution >= 0.6 is 0 Å². The largest absolute Gasteiger partial charge is 0.399 e. The van der Waals surface area contributed by atoms with Crippen molar-refractivity contribution in [2.75, 3.05) is 134 Å². The molecule has 0 amide bonds. The zero-order valence-electron chi connectivity index (χ0n) is 33.1. The second-order valence-electron chi connectivity index (χ2n) is 13.1. The Balaban J connectivity index is 0.000000403. The molecule has 0 aliphatic carbocycles. The summed E-state index contributed by atoms with van der Waals surface area (Å²) >= 11 is 0. The lowest BCUT2D eigenvalue weighted by atomic mass is 10.2.